The zero-order valence-electron chi connectivity index (χ0n) is 16.3. The molecule has 0 saturated carbocycles. The van der Waals surface area contributed by atoms with Crippen LogP contribution in [-0.2, 0) is 0 Å². The van der Waals surface area contributed by atoms with E-state index in [1.54, 1.807) is 18.2 Å². The molecule has 1 amide bonds. The van der Waals surface area contributed by atoms with Crippen LogP contribution in [0.25, 0.3) is 11.4 Å². The van der Waals surface area contributed by atoms with Gasteiger partial charge in [0.05, 0.1) is 0 Å². The van der Waals surface area contributed by atoms with Crippen LogP contribution in [0, 0.1) is 11.7 Å². The first-order chi connectivity index (χ1) is 14.1. The fourth-order valence-electron chi connectivity index (χ4n) is 3.43. The number of nitrogens with zero attached hydrogens (tertiary/aromatic N) is 3. The topological polar surface area (TPSA) is 58.1 Å². The molecule has 0 unspecified atom stereocenters. The van der Waals surface area contributed by atoms with Crippen LogP contribution in [0.15, 0.2) is 60.7 Å². The van der Waals surface area contributed by atoms with Gasteiger partial charge in [-0.3, -0.25) is 4.79 Å². The second-order valence-electron chi connectivity index (χ2n) is 7.44. The van der Waals surface area contributed by atoms with E-state index in [1.807, 2.05) is 30.3 Å². The molecule has 1 aliphatic heterocycles. The van der Waals surface area contributed by atoms with Crippen LogP contribution in [-0.4, -0.2) is 29.0 Å². The van der Waals surface area contributed by atoms with Crippen LogP contribution in [0.3, 0.4) is 0 Å². The summed E-state index contributed by atoms with van der Waals surface area (Å²) < 4.78 is 13.5. The van der Waals surface area contributed by atoms with Crippen LogP contribution in [0.2, 0.25) is 0 Å². The van der Waals surface area contributed by atoms with Crippen molar-refractivity contribution < 1.29 is 9.18 Å². The van der Waals surface area contributed by atoms with Gasteiger partial charge in [0.15, 0.2) is 5.82 Å². The van der Waals surface area contributed by atoms with E-state index in [1.165, 1.54) is 12.1 Å². The molecule has 1 aliphatic rings. The maximum atomic E-state index is 13.5. The van der Waals surface area contributed by atoms with Crippen LogP contribution >= 0.6 is 0 Å². The summed E-state index contributed by atoms with van der Waals surface area (Å²) in [7, 11) is 0. The van der Waals surface area contributed by atoms with Crippen molar-refractivity contribution in [2.75, 3.05) is 23.3 Å². The third-order valence-electron chi connectivity index (χ3n) is 5.17. The Labute approximate surface area is 169 Å². The van der Waals surface area contributed by atoms with Crippen molar-refractivity contribution in [3.05, 3.63) is 72.2 Å². The molecule has 1 fully saturated rings. The number of amides is 1. The molecule has 0 spiro atoms. The summed E-state index contributed by atoms with van der Waals surface area (Å²) in [6.45, 7) is 4.05. The van der Waals surface area contributed by atoms with Gasteiger partial charge < -0.3 is 10.2 Å². The van der Waals surface area contributed by atoms with E-state index in [0.717, 1.165) is 37.3 Å². The standard InChI is InChI=1S/C23H23FN4O/c1-16-10-12-28(13-11-16)21-15-20(23(29)25-19-9-5-8-18(24)14-19)26-22(27-21)17-6-3-2-4-7-17/h2-9,14-16H,10-13H2,1H3,(H,25,29). The molecule has 2 heterocycles. The van der Waals surface area contributed by atoms with Crippen molar-refractivity contribution in [3.63, 3.8) is 0 Å². The van der Waals surface area contributed by atoms with Gasteiger partial charge in [0.1, 0.15) is 17.3 Å². The van der Waals surface area contributed by atoms with Gasteiger partial charge in [-0.05, 0) is 37.0 Å². The summed E-state index contributed by atoms with van der Waals surface area (Å²) in [6.07, 6.45) is 2.19. The van der Waals surface area contributed by atoms with Gasteiger partial charge in [-0.15, -0.1) is 0 Å². The van der Waals surface area contributed by atoms with E-state index < -0.39 is 5.82 Å². The average molecular weight is 390 g/mol. The Morgan fingerprint density at radius 1 is 1.03 bits per heavy atom. The maximum Gasteiger partial charge on any atom is 0.274 e. The molecule has 148 valence electrons. The normalized spacial score (nSPS) is 14.6. The molecule has 5 nitrogen and oxygen atoms in total. The molecule has 0 radical (unpaired) electrons. The molecule has 29 heavy (non-hydrogen) atoms. The van der Waals surface area contributed by atoms with Crippen molar-refractivity contribution in [1.29, 1.82) is 0 Å². The molecule has 0 atom stereocenters. The van der Waals surface area contributed by atoms with Crippen molar-refractivity contribution in [3.8, 4) is 11.4 Å². The van der Waals surface area contributed by atoms with Gasteiger partial charge in [-0.25, -0.2) is 14.4 Å². The predicted octanol–water partition coefficient (Wildman–Crippen LogP) is 4.77. The highest BCUT2D eigenvalue weighted by Gasteiger charge is 2.20. The lowest BCUT2D eigenvalue weighted by Crippen LogP contribution is -2.33. The number of carbonyl (C=O) groups excluding carboxylic acids is 1. The SMILES string of the molecule is CC1CCN(c2cc(C(=O)Nc3cccc(F)c3)nc(-c3ccccc3)n2)CC1. The van der Waals surface area contributed by atoms with Crippen LogP contribution in [0.4, 0.5) is 15.9 Å². The lowest BCUT2D eigenvalue weighted by Gasteiger charge is -2.31. The molecule has 0 aliphatic carbocycles. The molecule has 1 N–H and O–H groups in total. The highest BCUT2D eigenvalue weighted by Crippen LogP contribution is 2.25. The lowest BCUT2D eigenvalue weighted by molar-refractivity contribution is 0.102. The van der Waals surface area contributed by atoms with Gasteiger partial charge in [0, 0.05) is 30.4 Å². The Balaban J connectivity index is 1.68. The molecule has 0 bridgehead atoms. The van der Waals surface area contributed by atoms with Crippen LogP contribution in [0.1, 0.15) is 30.3 Å². The quantitative estimate of drug-likeness (QED) is 0.697. The molecule has 2 aromatic carbocycles. The fraction of sp³-hybridized carbons (Fsp3) is 0.261. The molecule has 3 aromatic rings. The zero-order valence-corrected chi connectivity index (χ0v) is 16.3. The van der Waals surface area contributed by atoms with E-state index in [0.29, 0.717) is 17.4 Å². The van der Waals surface area contributed by atoms with Crippen molar-refractivity contribution in [2.24, 2.45) is 5.92 Å². The second kappa shape index (κ2) is 8.39. The average Bonchev–Trinajstić information content (AvgIpc) is 2.74. The minimum absolute atomic E-state index is 0.261. The van der Waals surface area contributed by atoms with Gasteiger partial charge in [0.2, 0.25) is 0 Å². The third-order valence-corrected chi connectivity index (χ3v) is 5.17. The van der Waals surface area contributed by atoms with Crippen molar-refractivity contribution >= 4 is 17.4 Å². The zero-order chi connectivity index (χ0) is 20.2. The summed E-state index contributed by atoms with van der Waals surface area (Å²) in [6, 6.07) is 17.1. The minimum Gasteiger partial charge on any atom is -0.356 e. The van der Waals surface area contributed by atoms with E-state index >= 15 is 0 Å². The smallest absolute Gasteiger partial charge is 0.274 e. The van der Waals surface area contributed by atoms with E-state index in [9.17, 15) is 9.18 Å². The second-order valence-corrected chi connectivity index (χ2v) is 7.44. The van der Waals surface area contributed by atoms with Crippen LogP contribution < -0.4 is 10.2 Å². The molecule has 1 saturated heterocycles. The number of benzene rings is 2. The lowest BCUT2D eigenvalue weighted by atomic mass is 9.99. The Morgan fingerprint density at radius 3 is 2.52 bits per heavy atom. The number of rotatable bonds is 4. The van der Waals surface area contributed by atoms with E-state index in [-0.39, 0.29) is 11.6 Å². The number of hydrogen-bond acceptors (Lipinski definition) is 4. The molecular weight excluding hydrogens is 367 g/mol. The van der Waals surface area contributed by atoms with Gasteiger partial charge in [0.25, 0.3) is 5.91 Å². The Kier molecular flexibility index (Phi) is 5.51. The number of hydrogen-bond donors (Lipinski definition) is 1. The first-order valence-electron chi connectivity index (χ1n) is 9.85. The van der Waals surface area contributed by atoms with Crippen molar-refractivity contribution in [2.45, 2.75) is 19.8 Å². The monoisotopic (exact) mass is 390 g/mol. The Bertz CT molecular complexity index is 1000. The van der Waals surface area contributed by atoms with E-state index in [4.69, 9.17) is 4.98 Å². The Hall–Kier alpha value is -3.28. The number of halogens is 1. The van der Waals surface area contributed by atoms with Crippen molar-refractivity contribution in [1.82, 2.24) is 9.97 Å². The number of piperidine rings is 1. The highest BCUT2D eigenvalue weighted by molar-refractivity contribution is 6.03. The Morgan fingerprint density at radius 2 is 1.79 bits per heavy atom. The van der Waals surface area contributed by atoms with E-state index in [2.05, 4.69) is 22.1 Å². The van der Waals surface area contributed by atoms with Crippen LogP contribution in [0.5, 0.6) is 0 Å². The maximum absolute atomic E-state index is 13.5. The number of nitrogens with one attached hydrogen (secondary N) is 1. The number of anilines is 2. The highest BCUT2D eigenvalue weighted by atomic mass is 19.1. The first kappa shape index (κ1) is 19.1. The molecule has 6 heteroatoms. The summed E-state index contributed by atoms with van der Waals surface area (Å²) in [5, 5.41) is 2.73. The molecule has 1 aromatic heterocycles. The fourth-order valence-corrected chi connectivity index (χ4v) is 3.43. The summed E-state index contributed by atoms with van der Waals surface area (Å²) in [4.78, 5) is 24.3. The molecule has 4 rings (SSSR count). The van der Waals surface area contributed by atoms with Gasteiger partial charge >= 0.3 is 0 Å². The summed E-state index contributed by atoms with van der Waals surface area (Å²) >= 11 is 0. The molecular formula is C23H23FN4O. The minimum atomic E-state index is -0.404. The van der Waals surface area contributed by atoms with Gasteiger partial charge in [-0.2, -0.15) is 0 Å². The largest absolute Gasteiger partial charge is 0.356 e. The number of carbonyl (C=O) groups is 1. The summed E-state index contributed by atoms with van der Waals surface area (Å²) in [5.41, 5.74) is 1.50. The third kappa shape index (κ3) is 4.59. The van der Waals surface area contributed by atoms with Gasteiger partial charge in [-0.1, -0.05) is 43.3 Å². The predicted molar refractivity (Wildman–Crippen MR) is 112 cm³/mol. The summed E-state index contributed by atoms with van der Waals surface area (Å²) in [5.74, 6) is 1.15. The number of aromatic nitrogens is 2. The first-order valence-corrected chi connectivity index (χ1v) is 9.85.